The van der Waals surface area contributed by atoms with Gasteiger partial charge >= 0.3 is 6.09 Å². The molecule has 1 aromatic rings. The van der Waals surface area contributed by atoms with Crippen molar-refractivity contribution in [2.24, 2.45) is 11.8 Å². The molecule has 1 saturated heterocycles. The Labute approximate surface area is 231 Å². The minimum atomic E-state index is -1.41. The average molecular weight is 567 g/mol. The number of carboxylic acid groups (broad SMARTS) is 1. The second-order valence-electron chi connectivity index (χ2n) is 9.88. The number of nitrogens with one attached hydrogen (secondary N) is 5. The van der Waals surface area contributed by atoms with Crippen LogP contribution in [0, 0.1) is 11.8 Å². The zero-order valence-electron chi connectivity index (χ0n) is 22.5. The van der Waals surface area contributed by atoms with Crippen LogP contribution in [0.1, 0.15) is 58.6 Å². The van der Waals surface area contributed by atoms with Crippen LogP contribution >= 0.6 is 11.3 Å². The van der Waals surface area contributed by atoms with E-state index in [0.29, 0.717) is 18.8 Å². The summed E-state index contributed by atoms with van der Waals surface area (Å²) in [6.07, 6.45) is 0.259. The van der Waals surface area contributed by atoms with Crippen molar-refractivity contribution in [3.63, 3.8) is 0 Å². The summed E-state index contributed by atoms with van der Waals surface area (Å²) in [4.78, 5) is 79.7. The summed E-state index contributed by atoms with van der Waals surface area (Å²) in [5, 5.41) is 23.5. The zero-order valence-corrected chi connectivity index (χ0v) is 23.3. The van der Waals surface area contributed by atoms with Crippen LogP contribution in [0.15, 0.2) is 10.9 Å². The van der Waals surface area contributed by atoms with Gasteiger partial charge in [0.2, 0.25) is 23.6 Å². The molecule has 5 amide bonds. The van der Waals surface area contributed by atoms with Crippen LogP contribution in [-0.4, -0.2) is 76.8 Å². The van der Waals surface area contributed by atoms with E-state index in [0.717, 1.165) is 12.8 Å². The highest BCUT2D eigenvalue weighted by Crippen LogP contribution is 2.16. The topological polar surface area (TPSA) is 196 Å². The van der Waals surface area contributed by atoms with Gasteiger partial charge in [0.25, 0.3) is 0 Å². The summed E-state index contributed by atoms with van der Waals surface area (Å²) in [7, 11) is 0. The highest BCUT2D eigenvalue weighted by molar-refractivity contribution is 7.07. The van der Waals surface area contributed by atoms with Crippen LogP contribution in [0.3, 0.4) is 0 Å². The molecule has 0 saturated carbocycles. The third-order valence-electron chi connectivity index (χ3n) is 6.15. The molecule has 14 heteroatoms. The Morgan fingerprint density at radius 1 is 1.10 bits per heavy atom. The maximum absolute atomic E-state index is 13.4. The Balaban J connectivity index is 2.20. The summed E-state index contributed by atoms with van der Waals surface area (Å²) in [5.41, 5.74) is 2.06. The fourth-order valence-corrected chi connectivity index (χ4v) is 4.72. The van der Waals surface area contributed by atoms with Gasteiger partial charge in [-0.3, -0.25) is 24.0 Å². The second kappa shape index (κ2) is 15.8. The van der Waals surface area contributed by atoms with E-state index in [2.05, 4.69) is 31.6 Å². The third-order valence-corrected chi connectivity index (χ3v) is 6.78. The van der Waals surface area contributed by atoms with Gasteiger partial charge in [0, 0.05) is 24.9 Å². The zero-order chi connectivity index (χ0) is 28.9. The number of thiazole rings is 1. The molecule has 216 valence electrons. The number of rotatable bonds is 16. The molecular weight excluding hydrogens is 528 g/mol. The van der Waals surface area contributed by atoms with Gasteiger partial charge in [0.1, 0.15) is 18.0 Å². The van der Waals surface area contributed by atoms with Crippen molar-refractivity contribution in [3.8, 4) is 0 Å². The van der Waals surface area contributed by atoms with Crippen LogP contribution < -0.4 is 26.6 Å². The number of aromatic nitrogens is 1. The molecule has 0 aliphatic carbocycles. The summed E-state index contributed by atoms with van der Waals surface area (Å²) in [6.45, 7) is 6.37. The Morgan fingerprint density at radius 2 is 1.79 bits per heavy atom. The molecule has 6 N–H and O–H groups in total. The number of nitrogens with zero attached hydrogens (tertiary/aromatic N) is 1. The smallest absolute Gasteiger partial charge is 0.405 e. The molecule has 1 aliphatic heterocycles. The van der Waals surface area contributed by atoms with E-state index < -0.39 is 59.5 Å². The molecule has 0 aromatic carbocycles. The van der Waals surface area contributed by atoms with Gasteiger partial charge < -0.3 is 31.7 Å². The highest BCUT2D eigenvalue weighted by Gasteiger charge is 2.38. The highest BCUT2D eigenvalue weighted by atomic mass is 32.1. The molecule has 0 bridgehead atoms. The van der Waals surface area contributed by atoms with E-state index in [1.165, 1.54) is 11.3 Å². The Kier molecular flexibility index (Phi) is 12.8. The van der Waals surface area contributed by atoms with Gasteiger partial charge in [-0.2, -0.15) is 0 Å². The van der Waals surface area contributed by atoms with E-state index in [-0.39, 0.29) is 31.6 Å². The van der Waals surface area contributed by atoms with Crippen LogP contribution in [-0.2, 0) is 30.4 Å². The first-order chi connectivity index (χ1) is 18.5. The molecule has 0 unspecified atom stereocenters. The van der Waals surface area contributed by atoms with Gasteiger partial charge in [-0.05, 0) is 25.2 Å². The molecule has 1 aliphatic rings. The number of ketones is 1. The maximum atomic E-state index is 13.4. The molecule has 2 rings (SSSR count). The lowest BCUT2D eigenvalue weighted by Gasteiger charge is -2.26. The number of amides is 5. The monoisotopic (exact) mass is 566 g/mol. The molecule has 0 spiro atoms. The Morgan fingerprint density at radius 3 is 2.36 bits per heavy atom. The number of carbonyl (C=O) groups excluding carboxylic acids is 5. The first-order valence-corrected chi connectivity index (χ1v) is 14.0. The van der Waals surface area contributed by atoms with Gasteiger partial charge in [0.15, 0.2) is 5.78 Å². The van der Waals surface area contributed by atoms with Gasteiger partial charge in [-0.1, -0.05) is 27.2 Å². The van der Waals surface area contributed by atoms with Crippen LogP contribution in [0.4, 0.5) is 4.79 Å². The van der Waals surface area contributed by atoms with Crippen molar-refractivity contribution in [1.29, 1.82) is 0 Å². The molecule has 2 heterocycles. The largest absolute Gasteiger partial charge is 0.465 e. The maximum Gasteiger partial charge on any atom is 0.405 e. The van der Waals surface area contributed by atoms with Crippen LogP contribution in [0.2, 0.25) is 0 Å². The molecule has 39 heavy (non-hydrogen) atoms. The van der Waals surface area contributed by atoms with Gasteiger partial charge in [0.05, 0.1) is 23.7 Å². The summed E-state index contributed by atoms with van der Waals surface area (Å²) in [6, 6.07) is -3.61. The molecule has 1 aromatic heterocycles. The minimum Gasteiger partial charge on any atom is -0.465 e. The van der Waals surface area contributed by atoms with E-state index in [1.54, 1.807) is 10.9 Å². The van der Waals surface area contributed by atoms with Crippen molar-refractivity contribution < 1.29 is 33.9 Å². The predicted molar refractivity (Wildman–Crippen MR) is 143 cm³/mol. The Hall–Kier alpha value is -3.55. The lowest BCUT2D eigenvalue weighted by atomic mass is 9.93. The fraction of sp³-hybridized carbons (Fsp3) is 0.640. The van der Waals surface area contributed by atoms with Crippen molar-refractivity contribution in [3.05, 3.63) is 16.6 Å². The van der Waals surface area contributed by atoms with Crippen molar-refractivity contribution in [2.75, 3.05) is 13.1 Å². The van der Waals surface area contributed by atoms with E-state index in [9.17, 15) is 33.9 Å². The second-order valence-corrected chi connectivity index (χ2v) is 10.6. The lowest BCUT2D eigenvalue weighted by Crippen LogP contribution is -2.57. The van der Waals surface area contributed by atoms with E-state index in [4.69, 9.17) is 0 Å². The molecule has 13 nitrogen and oxygen atoms in total. The lowest BCUT2D eigenvalue weighted by molar-refractivity contribution is -0.138. The van der Waals surface area contributed by atoms with Crippen LogP contribution in [0.5, 0.6) is 0 Å². The minimum absolute atomic E-state index is 0.0204. The summed E-state index contributed by atoms with van der Waals surface area (Å²) < 4.78 is 0. The summed E-state index contributed by atoms with van der Waals surface area (Å²) in [5.74, 6) is -3.97. The molecular formula is C25H38N6O7S. The molecule has 0 radical (unpaired) electrons. The Bertz CT molecular complexity index is 1020. The van der Waals surface area contributed by atoms with Gasteiger partial charge in [-0.15, -0.1) is 11.3 Å². The molecule has 4 atom stereocenters. The van der Waals surface area contributed by atoms with Crippen molar-refractivity contribution >= 4 is 46.8 Å². The van der Waals surface area contributed by atoms with Crippen molar-refractivity contribution in [2.45, 2.75) is 77.4 Å². The predicted octanol–water partition coefficient (Wildman–Crippen LogP) is 0.349. The first kappa shape index (κ1) is 31.7. The number of Topliss-reactive ketones (excluding diaryl/α,β-unsaturated/α-hetero) is 1. The van der Waals surface area contributed by atoms with Crippen LogP contribution in [0.25, 0.3) is 0 Å². The first-order valence-electron chi connectivity index (χ1n) is 13.1. The number of carbonyl (C=O) groups is 6. The van der Waals surface area contributed by atoms with Crippen molar-refractivity contribution in [1.82, 2.24) is 31.6 Å². The number of hydrogen-bond acceptors (Lipinski definition) is 8. The van der Waals surface area contributed by atoms with E-state index >= 15 is 0 Å². The quantitative estimate of drug-likeness (QED) is 0.122. The summed E-state index contributed by atoms with van der Waals surface area (Å²) >= 11 is 1.29. The number of unbranched alkanes of at least 4 members (excludes halogenated alkanes) is 1. The van der Waals surface area contributed by atoms with Gasteiger partial charge in [-0.25, -0.2) is 9.78 Å². The fourth-order valence-electron chi connectivity index (χ4n) is 4.15. The average Bonchev–Trinajstić information content (AvgIpc) is 3.53. The van der Waals surface area contributed by atoms with E-state index in [1.807, 2.05) is 20.8 Å². The number of hydrogen-bond donors (Lipinski definition) is 6. The third kappa shape index (κ3) is 10.6. The molecule has 1 fully saturated rings. The normalized spacial score (nSPS) is 17.0. The standard InChI is InChI=1S/C25H38N6O7S/c1-4-5-7-26-20(32)11-17(21(33)16-6-8-27-22(16)34)29-23(35)18(9-14(2)3)30-24(36)19(31-25(37)38)10-15-12-39-13-28-15/h12-14,16-19,31H,4-11H2,1-3H3,(H,26,32)(H,27,34)(H,29,35)(H,30,36)(H,37,38)/t16-,17-,18-,19-/m0/s1. The SMILES string of the molecule is CCCCNC(=O)C[C@H](NC(=O)[C@H](CC(C)C)NC(=O)[C@H](Cc1cscn1)NC(=O)O)C(=O)[C@@H]1CCNC1=O.